The van der Waals surface area contributed by atoms with E-state index in [0.717, 1.165) is 37.7 Å². The summed E-state index contributed by atoms with van der Waals surface area (Å²) >= 11 is 0. The van der Waals surface area contributed by atoms with E-state index in [9.17, 15) is 14.0 Å². The van der Waals surface area contributed by atoms with Gasteiger partial charge in [0.15, 0.2) is 0 Å². The van der Waals surface area contributed by atoms with E-state index in [2.05, 4.69) is 10.6 Å². The molecule has 2 aliphatic rings. The first-order valence-electron chi connectivity index (χ1n) is 9.05. The Kier molecular flexibility index (Phi) is 4.23. The van der Waals surface area contributed by atoms with Crippen LogP contribution in [0.25, 0.3) is 0 Å². The minimum absolute atomic E-state index is 0.0767. The van der Waals surface area contributed by atoms with Gasteiger partial charge in [-0.15, -0.1) is 0 Å². The molecule has 2 aromatic carbocycles. The lowest BCUT2D eigenvalue weighted by Crippen LogP contribution is -2.46. The van der Waals surface area contributed by atoms with Gasteiger partial charge in [-0.2, -0.15) is 0 Å². The van der Waals surface area contributed by atoms with Crippen LogP contribution in [-0.4, -0.2) is 17.9 Å². The molecule has 0 spiro atoms. The van der Waals surface area contributed by atoms with Crippen molar-refractivity contribution in [3.05, 3.63) is 65.5 Å². The fourth-order valence-electron chi connectivity index (χ4n) is 3.40. The fraction of sp³-hybridized carbons (Fsp3) is 0.333. The molecular weight excluding hydrogens is 331 g/mol. The molecule has 2 amide bonds. The zero-order chi connectivity index (χ0) is 18.1. The minimum Gasteiger partial charge on any atom is -0.349 e. The first-order valence-corrected chi connectivity index (χ1v) is 9.05. The van der Waals surface area contributed by atoms with E-state index in [4.69, 9.17) is 0 Å². The standard InChI is InChI=1S/C21H21FN2O2/c22-16-6-4-15(5-7-16)21(12-1-13-21)20(26)24-18-8-2-14(3-9-18)19(25)23-17-10-11-17/h2-9,17H,1,10-13H2,(H,23,25)(H,24,26). The minimum atomic E-state index is -0.588. The predicted octanol–water partition coefficient (Wildman–Crippen LogP) is 3.78. The van der Waals surface area contributed by atoms with E-state index in [1.165, 1.54) is 12.1 Å². The van der Waals surface area contributed by atoms with Crippen LogP contribution in [0.3, 0.4) is 0 Å². The van der Waals surface area contributed by atoms with Crippen molar-refractivity contribution in [2.24, 2.45) is 0 Å². The average Bonchev–Trinajstić information content (AvgIpc) is 3.40. The van der Waals surface area contributed by atoms with Crippen molar-refractivity contribution < 1.29 is 14.0 Å². The summed E-state index contributed by atoms with van der Waals surface area (Å²) in [5.41, 5.74) is 1.51. The molecule has 26 heavy (non-hydrogen) atoms. The van der Waals surface area contributed by atoms with E-state index in [1.807, 2.05) is 0 Å². The zero-order valence-corrected chi connectivity index (χ0v) is 14.4. The number of nitrogens with one attached hydrogen (secondary N) is 2. The summed E-state index contributed by atoms with van der Waals surface area (Å²) in [5, 5.41) is 5.89. The maximum Gasteiger partial charge on any atom is 0.251 e. The maximum atomic E-state index is 13.2. The van der Waals surface area contributed by atoms with Crippen LogP contribution >= 0.6 is 0 Å². The third-order valence-corrected chi connectivity index (χ3v) is 5.36. The number of carbonyl (C=O) groups excluding carboxylic acids is 2. The molecule has 4 rings (SSSR count). The Morgan fingerprint density at radius 1 is 0.962 bits per heavy atom. The second kappa shape index (κ2) is 6.56. The summed E-state index contributed by atoms with van der Waals surface area (Å²) < 4.78 is 13.2. The molecule has 0 aliphatic heterocycles. The molecule has 2 N–H and O–H groups in total. The van der Waals surface area contributed by atoms with Gasteiger partial charge in [0.25, 0.3) is 5.91 Å². The number of amides is 2. The van der Waals surface area contributed by atoms with E-state index >= 15 is 0 Å². The highest BCUT2D eigenvalue weighted by Crippen LogP contribution is 2.44. The van der Waals surface area contributed by atoms with E-state index < -0.39 is 5.41 Å². The second-order valence-corrected chi connectivity index (χ2v) is 7.22. The molecule has 0 atom stereocenters. The first-order chi connectivity index (χ1) is 12.6. The van der Waals surface area contributed by atoms with Crippen molar-refractivity contribution in [1.82, 2.24) is 5.32 Å². The van der Waals surface area contributed by atoms with Crippen LogP contribution in [0.1, 0.15) is 48.0 Å². The van der Waals surface area contributed by atoms with Crippen LogP contribution in [0.4, 0.5) is 10.1 Å². The molecule has 5 heteroatoms. The van der Waals surface area contributed by atoms with Crippen molar-refractivity contribution in [2.75, 3.05) is 5.32 Å². The van der Waals surface area contributed by atoms with Crippen LogP contribution in [0, 0.1) is 5.82 Å². The molecule has 0 heterocycles. The van der Waals surface area contributed by atoms with Crippen LogP contribution < -0.4 is 10.6 Å². The Bertz CT molecular complexity index is 822. The molecule has 2 saturated carbocycles. The smallest absolute Gasteiger partial charge is 0.251 e. The Morgan fingerprint density at radius 2 is 1.62 bits per heavy atom. The summed E-state index contributed by atoms with van der Waals surface area (Å²) in [4.78, 5) is 24.9. The van der Waals surface area contributed by atoms with Gasteiger partial charge >= 0.3 is 0 Å². The van der Waals surface area contributed by atoms with Crippen LogP contribution in [0.15, 0.2) is 48.5 Å². The highest BCUT2D eigenvalue weighted by Gasteiger charge is 2.45. The van der Waals surface area contributed by atoms with Gasteiger partial charge in [-0.1, -0.05) is 18.6 Å². The largest absolute Gasteiger partial charge is 0.349 e. The monoisotopic (exact) mass is 352 g/mol. The van der Waals surface area contributed by atoms with Gasteiger partial charge in [0.1, 0.15) is 5.82 Å². The SMILES string of the molecule is O=C(NC1CC1)c1ccc(NC(=O)C2(c3ccc(F)cc3)CCC2)cc1. The van der Waals surface area contributed by atoms with Crippen molar-refractivity contribution in [3.63, 3.8) is 0 Å². The maximum absolute atomic E-state index is 13.2. The van der Waals surface area contributed by atoms with Crippen molar-refractivity contribution in [2.45, 2.75) is 43.6 Å². The molecule has 2 fully saturated rings. The summed E-state index contributed by atoms with van der Waals surface area (Å²) in [6, 6.07) is 13.4. The molecule has 0 saturated heterocycles. The van der Waals surface area contributed by atoms with Crippen molar-refractivity contribution >= 4 is 17.5 Å². The van der Waals surface area contributed by atoms with Crippen LogP contribution in [0.2, 0.25) is 0 Å². The van der Waals surface area contributed by atoms with Gasteiger partial charge in [0, 0.05) is 17.3 Å². The van der Waals surface area contributed by atoms with Gasteiger partial charge in [0.05, 0.1) is 5.41 Å². The first kappa shape index (κ1) is 16.8. The molecule has 2 aromatic rings. The lowest BCUT2D eigenvalue weighted by atomic mass is 9.64. The molecule has 134 valence electrons. The molecule has 0 aromatic heterocycles. The number of hydrogen-bond donors (Lipinski definition) is 2. The molecule has 2 aliphatic carbocycles. The summed E-state index contributed by atoms with van der Waals surface area (Å²) in [5.74, 6) is -0.457. The average molecular weight is 352 g/mol. The third-order valence-electron chi connectivity index (χ3n) is 5.36. The lowest BCUT2D eigenvalue weighted by Gasteiger charge is -2.40. The van der Waals surface area contributed by atoms with Gasteiger partial charge < -0.3 is 10.6 Å². The molecule has 0 bridgehead atoms. The summed E-state index contributed by atoms with van der Waals surface area (Å²) in [6.45, 7) is 0. The lowest BCUT2D eigenvalue weighted by molar-refractivity contribution is -0.124. The van der Waals surface area contributed by atoms with E-state index in [0.29, 0.717) is 17.3 Å². The van der Waals surface area contributed by atoms with Crippen LogP contribution in [0.5, 0.6) is 0 Å². The van der Waals surface area contributed by atoms with Gasteiger partial charge in [0.2, 0.25) is 5.91 Å². The van der Waals surface area contributed by atoms with Gasteiger partial charge in [-0.3, -0.25) is 9.59 Å². The van der Waals surface area contributed by atoms with Crippen LogP contribution in [-0.2, 0) is 10.2 Å². The van der Waals surface area contributed by atoms with E-state index in [1.54, 1.807) is 36.4 Å². The number of anilines is 1. The number of benzene rings is 2. The third kappa shape index (κ3) is 3.21. The molecule has 4 nitrogen and oxygen atoms in total. The predicted molar refractivity (Wildman–Crippen MR) is 97.5 cm³/mol. The number of carbonyl (C=O) groups is 2. The summed E-state index contributed by atoms with van der Waals surface area (Å²) in [7, 11) is 0. The summed E-state index contributed by atoms with van der Waals surface area (Å²) in [6.07, 6.45) is 4.58. The van der Waals surface area contributed by atoms with Gasteiger partial charge in [-0.05, 0) is 67.6 Å². The molecule has 0 unspecified atom stereocenters. The number of halogens is 1. The normalized spacial score (nSPS) is 17.9. The quantitative estimate of drug-likeness (QED) is 0.860. The highest BCUT2D eigenvalue weighted by molar-refractivity contribution is 6.00. The highest BCUT2D eigenvalue weighted by atomic mass is 19.1. The Hall–Kier alpha value is -2.69. The van der Waals surface area contributed by atoms with Crippen molar-refractivity contribution in [3.8, 4) is 0 Å². The number of hydrogen-bond acceptors (Lipinski definition) is 2. The fourth-order valence-corrected chi connectivity index (χ4v) is 3.40. The van der Waals surface area contributed by atoms with Gasteiger partial charge in [-0.25, -0.2) is 4.39 Å². The Labute approximate surface area is 151 Å². The molecule has 0 radical (unpaired) electrons. The Balaban J connectivity index is 1.46. The molecular formula is C21H21FN2O2. The topological polar surface area (TPSA) is 58.2 Å². The zero-order valence-electron chi connectivity index (χ0n) is 14.4. The number of rotatable bonds is 5. The van der Waals surface area contributed by atoms with E-state index in [-0.39, 0.29) is 17.6 Å². The second-order valence-electron chi connectivity index (χ2n) is 7.22. The van der Waals surface area contributed by atoms with Crippen molar-refractivity contribution in [1.29, 1.82) is 0 Å². The Morgan fingerprint density at radius 3 is 2.15 bits per heavy atom.